The summed E-state index contributed by atoms with van der Waals surface area (Å²) in [5, 5.41) is 7.68. The maximum Gasteiger partial charge on any atom is 0.118 e. The molecule has 37 heavy (non-hydrogen) atoms. The number of allylic oxidation sites excluding steroid dienone is 1. The van der Waals surface area contributed by atoms with E-state index in [1.807, 2.05) is 0 Å². The van der Waals surface area contributed by atoms with Crippen LogP contribution in [-0.4, -0.2) is 8.97 Å². The van der Waals surface area contributed by atoms with Crippen molar-refractivity contribution in [3.05, 3.63) is 114 Å². The molecule has 3 nitrogen and oxygen atoms in total. The van der Waals surface area contributed by atoms with Gasteiger partial charge >= 0.3 is 0 Å². The van der Waals surface area contributed by atoms with E-state index in [0.717, 1.165) is 17.8 Å². The number of thioether (sulfide) groups is 1. The van der Waals surface area contributed by atoms with E-state index in [0.29, 0.717) is 0 Å². The lowest BCUT2D eigenvalue weighted by molar-refractivity contribution is 1.13. The first kappa shape index (κ1) is 19.7. The maximum atomic E-state index is 7.10. The van der Waals surface area contributed by atoms with Crippen LogP contribution < -0.4 is 5.73 Å². The maximum absolute atomic E-state index is 7.10. The highest BCUT2D eigenvalue weighted by atomic mass is 32.2. The van der Waals surface area contributed by atoms with Crippen molar-refractivity contribution in [2.24, 2.45) is 5.73 Å². The highest BCUT2D eigenvalue weighted by Gasteiger charge is 2.26. The van der Waals surface area contributed by atoms with E-state index in [2.05, 4.69) is 112 Å². The molecule has 2 N–H and O–H groups in total. The van der Waals surface area contributed by atoms with Crippen molar-refractivity contribution in [2.75, 3.05) is 0 Å². The average molecular weight is 492 g/mol. The average Bonchev–Trinajstić information content (AvgIpc) is 3.69. The molecule has 4 heteroatoms. The van der Waals surface area contributed by atoms with Crippen molar-refractivity contribution in [2.45, 2.75) is 11.3 Å². The molecule has 0 fully saturated rings. The first-order valence-corrected chi connectivity index (χ1v) is 13.4. The first-order chi connectivity index (χ1) is 18.3. The van der Waals surface area contributed by atoms with Gasteiger partial charge in [-0.05, 0) is 35.9 Å². The summed E-state index contributed by atoms with van der Waals surface area (Å²) in [6, 6.07) is 37.3. The van der Waals surface area contributed by atoms with Crippen molar-refractivity contribution in [3.8, 4) is 0 Å². The van der Waals surface area contributed by atoms with Crippen LogP contribution in [0.15, 0.2) is 113 Å². The number of aromatic nitrogens is 2. The Morgan fingerprint density at radius 2 is 1.24 bits per heavy atom. The van der Waals surface area contributed by atoms with Crippen LogP contribution in [0.3, 0.4) is 0 Å². The van der Waals surface area contributed by atoms with E-state index < -0.39 is 0 Å². The van der Waals surface area contributed by atoms with E-state index in [1.165, 1.54) is 69.7 Å². The fourth-order valence-electron chi connectivity index (χ4n) is 6.58. The van der Waals surface area contributed by atoms with Crippen LogP contribution in [0.4, 0.5) is 0 Å². The molecule has 0 aliphatic carbocycles. The van der Waals surface area contributed by atoms with Crippen LogP contribution in [0.2, 0.25) is 0 Å². The molecule has 0 unspecified atom stereocenters. The van der Waals surface area contributed by atoms with E-state index in [9.17, 15) is 0 Å². The number of nitrogens with zero attached hydrogens (tertiary/aromatic N) is 2. The Bertz CT molecular complexity index is 2240. The minimum absolute atomic E-state index is 0.828. The molecule has 3 aromatic heterocycles. The SMILES string of the molecule is N/C(=C1\Cc2ccccc2S1)n1c2ccccc2c2c3c4ccccc4n4c5ccccc5c(cc21)c34. The summed E-state index contributed by atoms with van der Waals surface area (Å²) in [6.07, 6.45) is 0.873. The Balaban J connectivity index is 1.52. The topological polar surface area (TPSA) is 35.4 Å². The Kier molecular flexibility index (Phi) is 3.67. The van der Waals surface area contributed by atoms with Crippen LogP contribution in [0.5, 0.6) is 0 Å². The minimum Gasteiger partial charge on any atom is -0.384 e. The molecule has 0 spiro atoms. The number of para-hydroxylation sites is 3. The second-order valence-corrected chi connectivity index (χ2v) is 11.1. The first-order valence-electron chi connectivity index (χ1n) is 12.6. The number of nitrogens with two attached hydrogens (primary N) is 1. The minimum atomic E-state index is 0.828. The third-order valence-corrected chi connectivity index (χ3v) is 9.31. The van der Waals surface area contributed by atoms with Crippen molar-refractivity contribution >= 4 is 77.5 Å². The van der Waals surface area contributed by atoms with Gasteiger partial charge in [-0.2, -0.15) is 0 Å². The molecule has 0 amide bonds. The quantitative estimate of drug-likeness (QED) is 0.250. The summed E-state index contributed by atoms with van der Waals surface area (Å²) < 4.78 is 4.76. The summed E-state index contributed by atoms with van der Waals surface area (Å²) in [7, 11) is 0. The van der Waals surface area contributed by atoms with Gasteiger partial charge in [-0.3, -0.25) is 4.57 Å². The number of hydrogen-bond acceptors (Lipinski definition) is 2. The lowest BCUT2D eigenvalue weighted by Crippen LogP contribution is -2.08. The predicted molar refractivity (Wildman–Crippen MR) is 158 cm³/mol. The molecule has 0 atom stereocenters. The van der Waals surface area contributed by atoms with Gasteiger partial charge in [0, 0.05) is 48.5 Å². The third-order valence-electron chi connectivity index (χ3n) is 8.09. The highest BCUT2D eigenvalue weighted by molar-refractivity contribution is 8.03. The van der Waals surface area contributed by atoms with Crippen molar-refractivity contribution in [1.29, 1.82) is 0 Å². The Labute approximate surface area is 216 Å². The van der Waals surface area contributed by atoms with Crippen LogP contribution >= 0.6 is 11.8 Å². The van der Waals surface area contributed by atoms with Gasteiger partial charge in [0.1, 0.15) is 5.82 Å². The molecule has 0 saturated carbocycles. The molecule has 174 valence electrons. The van der Waals surface area contributed by atoms with Crippen LogP contribution in [0, 0.1) is 0 Å². The van der Waals surface area contributed by atoms with Gasteiger partial charge < -0.3 is 10.1 Å². The highest BCUT2D eigenvalue weighted by Crippen LogP contribution is 2.47. The third kappa shape index (κ3) is 2.39. The molecule has 0 saturated heterocycles. The molecular weight excluding hydrogens is 470 g/mol. The molecule has 9 rings (SSSR count). The number of benzene rings is 5. The summed E-state index contributed by atoms with van der Waals surface area (Å²) in [6.45, 7) is 0. The summed E-state index contributed by atoms with van der Waals surface area (Å²) in [5.41, 5.74) is 14.6. The van der Waals surface area contributed by atoms with Gasteiger partial charge in [-0.15, -0.1) is 0 Å². The van der Waals surface area contributed by atoms with E-state index in [4.69, 9.17) is 5.73 Å². The van der Waals surface area contributed by atoms with Crippen LogP contribution in [-0.2, 0) is 6.42 Å². The fraction of sp³-hybridized carbons (Fsp3) is 0.0303. The van der Waals surface area contributed by atoms with Gasteiger partial charge in [0.2, 0.25) is 0 Å². The molecule has 1 aliphatic rings. The van der Waals surface area contributed by atoms with Gasteiger partial charge in [-0.25, -0.2) is 0 Å². The van der Waals surface area contributed by atoms with Crippen molar-refractivity contribution < 1.29 is 0 Å². The zero-order valence-corrected chi connectivity index (χ0v) is 20.7. The van der Waals surface area contributed by atoms with Gasteiger partial charge in [-0.1, -0.05) is 84.6 Å². The van der Waals surface area contributed by atoms with Crippen LogP contribution in [0.1, 0.15) is 5.56 Å². The lowest BCUT2D eigenvalue weighted by Gasteiger charge is -2.11. The van der Waals surface area contributed by atoms with Crippen LogP contribution in [0.25, 0.3) is 65.7 Å². The second kappa shape index (κ2) is 6.87. The number of hydrogen-bond donors (Lipinski definition) is 1. The molecule has 0 bridgehead atoms. The molecule has 8 aromatic rings. The standard InChI is InChI=1S/C33H21N3S/c34-33(29-17-19-9-1-8-16-28(19)37-29)36-26-15-7-3-11-21(26)30-27(36)18-23-20-10-2-5-13-24(20)35-25-14-6-4-12-22(25)31(30)32(23)35/h1-16,18H,17,34H2/b33-29-. The van der Waals surface area contributed by atoms with E-state index >= 15 is 0 Å². The molecule has 1 aliphatic heterocycles. The zero-order valence-electron chi connectivity index (χ0n) is 19.9. The summed E-state index contributed by atoms with van der Waals surface area (Å²) in [4.78, 5) is 2.52. The number of rotatable bonds is 1. The van der Waals surface area contributed by atoms with Gasteiger partial charge in [0.25, 0.3) is 0 Å². The Hall–Kier alpha value is -4.41. The normalized spacial score (nSPS) is 15.2. The zero-order chi connectivity index (χ0) is 24.2. The van der Waals surface area contributed by atoms with E-state index in [1.54, 1.807) is 11.8 Å². The molecule has 0 radical (unpaired) electrons. The number of fused-ring (bicyclic) bond motifs is 11. The lowest BCUT2D eigenvalue weighted by atomic mass is 10.0. The molecule has 5 aromatic carbocycles. The molecular formula is C33H21N3S. The smallest absolute Gasteiger partial charge is 0.118 e. The summed E-state index contributed by atoms with van der Waals surface area (Å²) >= 11 is 1.81. The second-order valence-electron chi connectivity index (χ2n) is 9.96. The van der Waals surface area contributed by atoms with Crippen molar-refractivity contribution in [1.82, 2.24) is 8.97 Å². The monoisotopic (exact) mass is 491 g/mol. The van der Waals surface area contributed by atoms with E-state index in [-0.39, 0.29) is 0 Å². The van der Waals surface area contributed by atoms with Crippen molar-refractivity contribution in [3.63, 3.8) is 0 Å². The largest absolute Gasteiger partial charge is 0.384 e. The Morgan fingerprint density at radius 3 is 2.03 bits per heavy atom. The summed E-state index contributed by atoms with van der Waals surface area (Å²) in [5.74, 6) is 0.828. The fourth-order valence-corrected chi connectivity index (χ4v) is 7.69. The predicted octanol–water partition coefficient (Wildman–Crippen LogP) is 8.38. The van der Waals surface area contributed by atoms with Gasteiger partial charge in [0.15, 0.2) is 0 Å². The molecule has 4 heterocycles. The Morgan fingerprint density at radius 1 is 0.622 bits per heavy atom. The van der Waals surface area contributed by atoms with Gasteiger partial charge in [0.05, 0.1) is 27.6 Å².